The van der Waals surface area contributed by atoms with E-state index in [0.29, 0.717) is 0 Å². The third-order valence-corrected chi connectivity index (χ3v) is 2.34. The van der Waals surface area contributed by atoms with Gasteiger partial charge >= 0.3 is 0 Å². The first-order valence-corrected chi connectivity index (χ1v) is 4.40. The Morgan fingerprint density at radius 2 is 2.08 bits per heavy atom. The van der Waals surface area contributed by atoms with Gasteiger partial charge in [-0.15, -0.1) is 0 Å². The average molecular weight is 179 g/mol. The van der Waals surface area contributed by atoms with Gasteiger partial charge in [0.25, 0.3) is 0 Å². The number of ether oxygens (including phenoxy) is 1. The van der Waals surface area contributed by atoms with Gasteiger partial charge in [-0.25, -0.2) is 0 Å². The summed E-state index contributed by atoms with van der Waals surface area (Å²) in [7, 11) is 0. The van der Waals surface area contributed by atoms with Gasteiger partial charge in [0.1, 0.15) is 12.2 Å². The van der Waals surface area contributed by atoms with Crippen LogP contribution in [-0.2, 0) is 4.74 Å². The number of hydrogen-bond acceptors (Lipinski definition) is 3. The molecule has 3 nitrogen and oxygen atoms in total. The van der Waals surface area contributed by atoms with Crippen molar-refractivity contribution >= 4 is 0 Å². The molecule has 1 aliphatic heterocycles. The highest BCUT2D eigenvalue weighted by Gasteiger charge is 2.43. The van der Waals surface area contributed by atoms with E-state index in [1.807, 2.05) is 30.3 Å². The van der Waals surface area contributed by atoms with Crippen LogP contribution in [0.25, 0.3) is 0 Å². The fourth-order valence-electron chi connectivity index (χ4n) is 1.48. The molecule has 0 amide bonds. The molecule has 1 fully saturated rings. The zero-order valence-corrected chi connectivity index (χ0v) is 7.26. The van der Waals surface area contributed by atoms with E-state index in [1.54, 1.807) is 0 Å². The maximum absolute atomic E-state index is 8.79. The first-order chi connectivity index (χ1) is 6.33. The highest BCUT2D eigenvalue weighted by molar-refractivity contribution is 5.21. The van der Waals surface area contributed by atoms with Crippen LogP contribution in [0.3, 0.4) is 0 Å². The molecule has 0 radical (unpaired) electrons. The number of epoxide rings is 1. The highest BCUT2D eigenvalue weighted by atomic mass is 16.6. The third-order valence-electron chi connectivity index (χ3n) is 2.34. The Morgan fingerprint density at radius 1 is 1.38 bits per heavy atom. The summed E-state index contributed by atoms with van der Waals surface area (Å²) in [5.41, 5.74) is 6.99. The first-order valence-electron chi connectivity index (χ1n) is 4.40. The Morgan fingerprint density at radius 3 is 2.62 bits per heavy atom. The fraction of sp³-hybridized carbons (Fsp3) is 0.400. The van der Waals surface area contributed by atoms with Gasteiger partial charge in [0, 0.05) is 0 Å². The monoisotopic (exact) mass is 179 g/mol. The van der Waals surface area contributed by atoms with Gasteiger partial charge in [-0.2, -0.15) is 0 Å². The standard InChI is InChI=1S/C10H13NO2/c11-9(10-8(6-12)13-10)7-4-2-1-3-5-7/h1-5,8-10,12H,6,11H2/t8-,9-,10+/m0/s1. The minimum atomic E-state index is -0.113. The molecule has 1 aromatic carbocycles. The molecule has 0 unspecified atom stereocenters. The van der Waals surface area contributed by atoms with Crippen molar-refractivity contribution in [3.63, 3.8) is 0 Å². The summed E-state index contributed by atoms with van der Waals surface area (Å²) in [6.45, 7) is 0.0607. The second-order valence-electron chi connectivity index (χ2n) is 3.26. The maximum atomic E-state index is 8.79. The zero-order valence-electron chi connectivity index (χ0n) is 7.26. The summed E-state index contributed by atoms with van der Waals surface area (Å²) in [6, 6.07) is 9.69. The van der Waals surface area contributed by atoms with E-state index >= 15 is 0 Å². The van der Waals surface area contributed by atoms with Crippen molar-refractivity contribution in [3.8, 4) is 0 Å². The minimum Gasteiger partial charge on any atom is -0.394 e. The van der Waals surface area contributed by atoms with Crippen molar-refractivity contribution < 1.29 is 9.84 Å². The number of nitrogens with two attached hydrogens (primary N) is 1. The van der Waals surface area contributed by atoms with E-state index in [9.17, 15) is 0 Å². The van der Waals surface area contributed by atoms with Crippen molar-refractivity contribution in [2.24, 2.45) is 5.73 Å². The predicted molar refractivity (Wildman–Crippen MR) is 49.1 cm³/mol. The number of hydrogen-bond donors (Lipinski definition) is 2. The van der Waals surface area contributed by atoms with Crippen LogP contribution in [-0.4, -0.2) is 23.9 Å². The summed E-state index contributed by atoms with van der Waals surface area (Å²) < 4.78 is 5.21. The van der Waals surface area contributed by atoms with Crippen LogP contribution in [0.15, 0.2) is 30.3 Å². The van der Waals surface area contributed by atoms with Crippen LogP contribution < -0.4 is 5.73 Å². The second kappa shape index (κ2) is 3.46. The molecule has 1 aromatic rings. The minimum absolute atomic E-state index is 0.00704. The van der Waals surface area contributed by atoms with E-state index in [-0.39, 0.29) is 24.9 Å². The van der Waals surface area contributed by atoms with E-state index in [4.69, 9.17) is 15.6 Å². The molecule has 3 N–H and O–H groups in total. The van der Waals surface area contributed by atoms with Crippen LogP contribution >= 0.6 is 0 Å². The van der Waals surface area contributed by atoms with Crippen molar-refractivity contribution in [1.29, 1.82) is 0 Å². The van der Waals surface area contributed by atoms with E-state index in [0.717, 1.165) is 5.56 Å². The molecule has 0 aromatic heterocycles. The maximum Gasteiger partial charge on any atom is 0.109 e. The molecule has 0 spiro atoms. The van der Waals surface area contributed by atoms with Gasteiger partial charge in [0.15, 0.2) is 0 Å². The quantitative estimate of drug-likeness (QED) is 0.662. The van der Waals surface area contributed by atoms with E-state index in [2.05, 4.69) is 0 Å². The zero-order chi connectivity index (χ0) is 9.26. The van der Waals surface area contributed by atoms with Crippen LogP contribution in [0.2, 0.25) is 0 Å². The molecule has 3 atom stereocenters. The molecule has 3 heteroatoms. The number of rotatable bonds is 3. The van der Waals surface area contributed by atoms with Crippen molar-refractivity contribution in [3.05, 3.63) is 35.9 Å². The summed E-state index contributed by atoms with van der Waals surface area (Å²) in [4.78, 5) is 0. The summed E-state index contributed by atoms with van der Waals surface area (Å²) in [6.07, 6.45) is -0.0670. The van der Waals surface area contributed by atoms with Crippen LogP contribution in [0.5, 0.6) is 0 Å². The molecule has 0 saturated carbocycles. The van der Waals surface area contributed by atoms with E-state index in [1.165, 1.54) is 0 Å². The van der Waals surface area contributed by atoms with Gasteiger partial charge < -0.3 is 15.6 Å². The molecule has 1 saturated heterocycles. The topological polar surface area (TPSA) is 58.8 Å². The molecular weight excluding hydrogens is 166 g/mol. The summed E-state index contributed by atoms with van der Waals surface area (Å²) >= 11 is 0. The Balaban J connectivity index is 2.03. The summed E-state index contributed by atoms with van der Waals surface area (Å²) in [5, 5.41) is 8.79. The van der Waals surface area contributed by atoms with Crippen LogP contribution in [0.4, 0.5) is 0 Å². The lowest BCUT2D eigenvalue weighted by atomic mass is 10.0. The molecule has 1 aliphatic rings. The molecule has 0 aliphatic carbocycles. The average Bonchev–Trinajstić information content (AvgIpc) is 2.97. The van der Waals surface area contributed by atoms with Crippen molar-refractivity contribution in [2.75, 3.05) is 6.61 Å². The second-order valence-corrected chi connectivity index (χ2v) is 3.26. The van der Waals surface area contributed by atoms with Crippen molar-refractivity contribution in [1.82, 2.24) is 0 Å². The van der Waals surface area contributed by atoms with Crippen LogP contribution in [0.1, 0.15) is 11.6 Å². The molecule has 0 bridgehead atoms. The largest absolute Gasteiger partial charge is 0.394 e. The fourth-order valence-corrected chi connectivity index (χ4v) is 1.48. The number of aliphatic hydroxyl groups excluding tert-OH is 1. The lowest BCUT2D eigenvalue weighted by Gasteiger charge is -2.07. The summed E-state index contributed by atoms with van der Waals surface area (Å²) in [5.74, 6) is 0. The van der Waals surface area contributed by atoms with Gasteiger partial charge in [-0.05, 0) is 5.56 Å². The predicted octanol–water partition coefficient (Wildman–Crippen LogP) is 0.446. The lowest BCUT2D eigenvalue weighted by molar-refractivity contribution is 0.241. The number of aliphatic hydroxyl groups is 1. The van der Waals surface area contributed by atoms with Gasteiger partial charge in [0.05, 0.1) is 12.6 Å². The Labute approximate surface area is 77.1 Å². The SMILES string of the molecule is N[C@@H](c1ccccc1)[C@@H]1O[C@H]1CO. The smallest absolute Gasteiger partial charge is 0.109 e. The Kier molecular flexibility index (Phi) is 2.31. The number of benzene rings is 1. The lowest BCUT2D eigenvalue weighted by Crippen LogP contribution is -2.19. The normalized spacial score (nSPS) is 28.5. The van der Waals surface area contributed by atoms with Gasteiger partial charge in [-0.1, -0.05) is 30.3 Å². The van der Waals surface area contributed by atoms with Crippen LogP contribution in [0, 0.1) is 0 Å². The highest BCUT2D eigenvalue weighted by Crippen LogP contribution is 2.32. The van der Waals surface area contributed by atoms with Crippen molar-refractivity contribution in [2.45, 2.75) is 18.2 Å². The molecule has 1 heterocycles. The Hall–Kier alpha value is -0.900. The third kappa shape index (κ3) is 1.72. The van der Waals surface area contributed by atoms with Gasteiger partial charge in [-0.3, -0.25) is 0 Å². The van der Waals surface area contributed by atoms with Gasteiger partial charge in [0.2, 0.25) is 0 Å². The molecule has 2 rings (SSSR count). The molecule has 13 heavy (non-hydrogen) atoms. The first kappa shape index (κ1) is 8.69. The molecular formula is C10H13NO2. The van der Waals surface area contributed by atoms with E-state index < -0.39 is 0 Å². The Bertz CT molecular complexity index is 276. The molecule has 70 valence electrons.